The molecule has 16 heavy (non-hydrogen) atoms. The van der Waals surface area contributed by atoms with Crippen LogP contribution in [0.2, 0.25) is 0 Å². The van der Waals surface area contributed by atoms with Gasteiger partial charge >= 0.3 is 5.97 Å². The van der Waals surface area contributed by atoms with E-state index >= 15 is 0 Å². The van der Waals surface area contributed by atoms with Crippen LogP contribution in [0.3, 0.4) is 0 Å². The maximum Gasteiger partial charge on any atom is 0.334 e. The quantitative estimate of drug-likeness (QED) is 0.439. The van der Waals surface area contributed by atoms with Crippen LogP contribution in [0.15, 0.2) is 35.9 Å². The fourth-order valence-electron chi connectivity index (χ4n) is 1.25. The van der Waals surface area contributed by atoms with Crippen LogP contribution in [0.25, 0.3) is 6.08 Å². The number of hydrogen-bond donors (Lipinski definition) is 0. The molecule has 1 rings (SSSR count). The monoisotopic (exact) mass is 214 g/mol. The highest BCUT2D eigenvalue weighted by Crippen LogP contribution is 2.10. The largest absolute Gasteiger partial charge is 0.466 e. The van der Waals surface area contributed by atoms with Crippen molar-refractivity contribution in [2.45, 2.75) is 13.3 Å². The standard InChI is InChI=1S/C14H14O2/c1-3-4-10-13(14(15)16-2)11-12-8-6-5-7-9-12/h5-9,11H,10H2,1-2H3/b13-11+. The molecular formula is C14H14O2. The summed E-state index contributed by atoms with van der Waals surface area (Å²) < 4.78 is 4.71. The number of rotatable bonds is 3. The molecule has 0 heterocycles. The summed E-state index contributed by atoms with van der Waals surface area (Å²) in [4.78, 5) is 11.5. The minimum absolute atomic E-state index is 0.327. The van der Waals surface area contributed by atoms with Gasteiger partial charge in [-0.05, 0) is 18.6 Å². The second-order valence-corrected chi connectivity index (χ2v) is 3.18. The Morgan fingerprint density at radius 2 is 2.06 bits per heavy atom. The number of methoxy groups -OCH3 is 1. The summed E-state index contributed by atoms with van der Waals surface area (Å²) in [6.07, 6.45) is 2.22. The van der Waals surface area contributed by atoms with Gasteiger partial charge in [-0.3, -0.25) is 0 Å². The Labute approximate surface area is 95.9 Å². The number of carbonyl (C=O) groups is 1. The van der Waals surface area contributed by atoms with E-state index in [1.165, 1.54) is 7.11 Å². The molecule has 0 unspecified atom stereocenters. The van der Waals surface area contributed by atoms with Crippen molar-refractivity contribution < 1.29 is 9.53 Å². The zero-order valence-corrected chi connectivity index (χ0v) is 9.49. The molecule has 82 valence electrons. The summed E-state index contributed by atoms with van der Waals surface area (Å²) in [5.41, 5.74) is 1.55. The molecule has 0 spiro atoms. The fourth-order valence-corrected chi connectivity index (χ4v) is 1.25. The molecule has 0 amide bonds. The van der Waals surface area contributed by atoms with Crippen molar-refractivity contribution in [1.82, 2.24) is 0 Å². The smallest absolute Gasteiger partial charge is 0.334 e. The molecule has 0 aliphatic rings. The summed E-state index contributed by atoms with van der Waals surface area (Å²) in [6.45, 7) is 1.75. The third-order valence-electron chi connectivity index (χ3n) is 2.04. The second-order valence-electron chi connectivity index (χ2n) is 3.18. The van der Waals surface area contributed by atoms with E-state index in [2.05, 4.69) is 11.8 Å². The van der Waals surface area contributed by atoms with Crippen molar-refractivity contribution in [1.29, 1.82) is 0 Å². The average molecular weight is 214 g/mol. The number of ether oxygens (including phenoxy) is 1. The van der Waals surface area contributed by atoms with Crippen molar-refractivity contribution in [3.8, 4) is 11.8 Å². The minimum atomic E-state index is -0.327. The third kappa shape index (κ3) is 3.62. The number of hydrogen-bond acceptors (Lipinski definition) is 2. The van der Waals surface area contributed by atoms with Crippen molar-refractivity contribution >= 4 is 12.0 Å². The Morgan fingerprint density at radius 3 is 2.62 bits per heavy atom. The normalized spacial score (nSPS) is 10.2. The molecular weight excluding hydrogens is 200 g/mol. The van der Waals surface area contributed by atoms with E-state index in [-0.39, 0.29) is 5.97 Å². The lowest BCUT2D eigenvalue weighted by Crippen LogP contribution is -2.04. The molecule has 0 aromatic heterocycles. The lowest BCUT2D eigenvalue weighted by Gasteiger charge is -2.01. The molecule has 0 aliphatic heterocycles. The molecule has 0 saturated heterocycles. The Bertz CT molecular complexity index is 433. The minimum Gasteiger partial charge on any atom is -0.466 e. The third-order valence-corrected chi connectivity index (χ3v) is 2.04. The van der Waals surface area contributed by atoms with Crippen LogP contribution in [0.4, 0.5) is 0 Å². The summed E-state index contributed by atoms with van der Waals surface area (Å²) >= 11 is 0. The van der Waals surface area contributed by atoms with Gasteiger partial charge < -0.3 is 4.74 Å². The van der Waals surface area contributed by atoms with Gasteiger partial charge in [-0.1, -0.05) is 36.3 Å². The van der Waals surface area contributed by atoms with E-state index in [0.717, 1.165) is 5.56 Å². The lowest BCUT2D eigenvalue weighted by atomic mass is 10.1. The van der Waals surface area contributed by atoms with Gasteiger partial charge in [0.15, 0.2) is 0 Å². The summed E-state index contributed by atoms with van der Waals surface area (Å²) in [6, 6.07) is 9.64. The molecule has 0 saturated carbocycles. The predicted molar refractivity (Wildman–Crippen MR) is 64.5 cm³/mol. The van der Waals surface area contributed by atoms with Crippen molar-refractivity contribution in [2.75, 3.05) is 7.11 Å². The van der Waals surface area contributed by atoms with Gasteiger partial charge in [0.05, 0.1) is 7.11 Å². The fraction of sp³-hybridized carbons (Fsp3) is 0.214. The van der Waals surface area contributed by atoms with Gasteiger partial charge in [-0.15, -0.1) is 5.92 Å². The van der Waals surface area contributed by atoms with Crippen molar-refractivity contribution in [3.05, 3.63) is 41.5 Å². The molecule has 1 aromatic carbocycles. The highest BCUT2D eigenvalue weighted by molar-refractivity contribution is 5.94. The van der Waals surface area contributed by atoms with E-state index in [0.29, 0.717) is 12.0 Å². The van der Waals surface area contributed by atoms with E-state index in [4.69, 9.17) is 4.74 Å². The maximum absolute atomic E-state index is 11.5. The molecule has 0 atom stereocenters. The first kappa shape index (κ1) is 12.1. The Kier molecular flexibility index (Phi) is 4.88. The summed E-state index contributed by atoms with van der Waals surface area (Å²) in [5.74, 6) is 5.30. The zero-order chi connectivity index (χ0) is 11.8. The van der Waals surface area contributed by atoms with Crippen LogP contribution in [0.1, 0.15) is 18.9 Å². The maximum atomic E-state index is 11.5. The van der Waals surface area contributed by atoms with Gasteiger partial charge in [0.1, 0.15) is 0 Å². The van der Waals surface area contributed by atoms with Gasteiger partial charge in [-0.2, -0.15) is 0 Å². The Hall–Kier alpha value is -2.01. The van der Waals surface area contributed by atoms with Gasteiger partial charge in [-0.25, -0.2) is 4.79 Å². The van der Waals surface area contributed by atoms with Crippen LogP contribution < -0.4 is 0 Å². The van der Waals surface area contributed by atoms with Crippen molar-refractivity contribution in [2.24, 2.45) is 0 Å². The van der Waals surface area contributed by atoms with Crippen LogP contribution in [0, 0.1) is 11.8 Å². The van der Waals surface area contributed by atoms with Crippen LogP contribution in [-0.4, -0.2) is 13.1 Å². The molecule has 0 fully saturated rings. The average Bonchev–Trinajstić information content (AvgIpc) is 2.34. The van der Waals surface area contributed by atoms with E-state index in [1.807, 2.05) is 30.3 Å². The van der Waals surface area contributed by atoms with Crippen LogP contribution in [0.5, 0.6) is 0 Å². The number of carbonyl (C=O) groups excluding carboxylic acids is 1. The second kappa shape index (κ2) is 6.47. The molecule has 0 aliphatic carbocycles. The highest BCUT2D eigenvalue weighted by atomic mass is 16.5. The first-order valence-electron chi connectivity index (χ1n) is 5.01. The Morgan fingerprint density at radius 1 is 1.38 bits per heavy atom. The molecule has 0 N–H and O–H groups in total. The zero-order valence-electron chi connectivity index (χ0n) is 9.49. The lowest BCUT2D eigenvalue weighted by molar-refractivity contribution is -0.136. The van der Waals surface area contributed by atoms with Crippen LogP contribution in [-0.2, 0) is 9.53 Å². The number of benzene rings is 1. The SMILES string of the molecule is CC#CC/C(=C\c1ccccc1)C(=O)OC. The van der Waals surface area contributed by atoms with E-state index in [9.17, 15) is 4.79 Å². The molecule has 1 aromatic rings. The summed E-state index contributed by atoms with van der Waals surface area (Å²) in [5, 5.41) is 0. The van der Waals surface area contributed by atoms with Crippen molar-refractivity contribution in [3.63, 3.8) is 0 Å². The van der Waals surface area contributed by atoms with E-state index < -0.39 is 0 Å². The molecule has 2 nitrogen and oxygen atoms in total. The highest BCUT2D eigenvalue weighted by Gasteiger charge is 2.07. The Balaban J connectivity index is 2.95. The molecule has 0 bridgehead atoms. The first-order chi connectivity index (χ1) is 7.77. The summed E-state index contributed by atoms with van der Waals surface area (Å²) in [7, 11) is 1.38. The number of esters is 1. The van der Waals surface area contributed by atoms with Gasteiger partial charge in [0.25, 0.3) is 0 Å². The van der Waals surface area contributed by atoms with Crippen LogP contribution >= 0.6 is 0 Å². The molecule has 2 heteroatoms. The van der Waals surface area contributed by atoms with E-state index in [1.54, 1.807) is 13.0 Å². The van der Waals surface area contributed by atoms with Gasteiger partial charge in [0.2, 0.25) is 0 Å². The molecule has 0 radical (unpaired) electrons. The topological polar surface area (TPSA) is 26.3 Å². The first-order valence-corrected chi connectivity index (χ1v) is 5.01. The van der Waals surface area contributed by atoms with Gasteiger partial charge in [0, 0.05) is 12.0 Å². The predicted octanol–water partition coefficient (Wildman–Crippen LogP) is 2.66.